The van der Waals surface area contributed by atoms with Crippen LogP contribution >= 0.6 is 11.3 Å². The number of carbonyl (C=O) groups excluding carboxylic acids is 1. The first kappa shape index (κ1) is 32.4. The van der Waals surface area contributed by atoms with Gasteiger partial charge in [0.15, 0.2) is 10.9 Å². The number of anilines is 2. The van der Waals surface area contributed by atoms with Crippen molar-refractivity contribution in [2.24, 2.45) is 0 Å². The van der Waals surface area contributed by atoms with Gasteiger partial charge in [0.1, 0.15) is 29.9 Å². The summed E-state index contributed by atoms with van der Waals surface area (Å²) in [6, 6.07) is 2.06. The van der Waals surface area contributed by atoms with Crippen molar-refractivity contribution in [2.45, 2.75) is 49.6 Å². The number of fused-ring (bicyclic) bond motifs is 3. The highest BCUT2D eigenvalue weighted by atomic mass is 32.1. The molecule has 0 saturated carbocycles. The fraction of sp³-hybridized carbons (Fsp3) is 0.438. The summed E-state index contributed by atoms with van der Waals surface area (Å²) in [5.74, 6) is -2.43. The minimum Gasteiger partial charge on any atom is -0.461 e. The SMILES string of the molecule is C=CC(=O)N1CCC(N(C)c2nc(OCC34CCCN3CC(F)C4)nc3c(F)c(-c4ccc(F)c5sc(N)nc45)c(C(F)(F)F)cc23)C1. The van der Waals surface area contributed by atoms with E-state index >= 15 is 4.39 Å². The summed E-state index contributed by atoms with van der Waals surface area (Å²) in [6.07, 6.45) is -2.70. The molecule has 4 aromatic rings. The van der Waals surface area contributed by atoms with Gasteiger partial charge in [0.25, 0.3) is 0 Å². The molecule has 9 nitrogen and oxygen atoms in total. The number of ether oxygens (including phenoxy) is 1. The van der Waals surface area contributed by atoms with Gasteiger partial charge in [0, 0.05) is 55.7 Å². The Balaban J connectivity index is 1.41. The number of hydrogen-bond acceptors (Lipinski definition) is 9. The van der Waals surface area contributed by atoms with E-state index in [0.29, 0.717) is 25.9 Å². The molecule has 3 atom stereocenters. The van der Waals surface area contributed by atoms with Crippen molar-refractivity contribution in [2.75, 3.05) is 50.5 Å². The van der Waals surface area contributed by atoms with E-state index in [1.54, 1.807) is 16.8 Å². The van der Waals surface area contributed by atoms with Crippen LogP contribution < -0.4 is 15.4 Å². The number of nitrogen functional groups attached to an aromatic ring is 1. The normalized spacial score (nSPS) is 22.9. The maximum atomic E-state index is 16.9. The van der Waals surface area contributed by atoms with Crippen molar-refractivity contribution in [1.82, 2.24) is 24.8 Å². The summed E-state index contributed by atoms with van der Waals surface area (Å²) in [5, 5.41) is -0.343. The largest absolute Gasteiger partial charge is 0.461 e. The molecule has 2 aromatic heterocycles. The fourth-order valence-electron chi connectivity index (χ4n) is 7.41. The number of amides is 1. The summed E-state index contributed by atoms with van der Waals surface area (Å²) in [5.41, 5.74) is 1.99. The van der Waals surface area contributed by atoms with E-state index in [1.165, 1.54) is 6.08 Å². The molecule has 2 aromatic carbocycles. The van der Waals surface area contributed by atoms with E-state index in [4.69, 9.17) is 10.5 Å². The predicted molar refractivity (Wildman–Crippen MR) is 170 cm³/mol. The van der Waals surface area contributed by atoms with Crippen molar-refractivity contribution in [3.05, 3.63) is 48.1 Å². The number of benzene rings is 2. The second kappa shape index (κ2) is 11.8. The van der Waals surface area contributed by atoms with Gasteiger partial charge in [0.2, 0.25) is 5.91 Å². The van der Waals surface area contributed by atoms with Crippen LogP contribution in [0.25, 0.3) is 32.2 Å². The molecule has 16 heteroatoms. The molecule has 3 saturated heterocycles. The van der Waals surface area contributed by atoms with Crippen LogP contribution in [0.15, 0.2) is 30.9 Å². The fourth-order valence-corrected chi connectivity index (χ4v) is 8.18. The minimum absolute atomic E-state index is 0.00107. The van der Waals surface area contributed by atoms with E-state index in [0.717, 1.165) is 36.0 Å². The van der Waals surface area contributed by atoms with E-state index < -0.39 is 52.2 Å². The molecule has 0 bridgehead atoms. The molecule has 1 amide bonds. The molecule has 3 fully saturated rings. The Morgan fingerprint density at radius 2 is 2.00 bits per heavy atom. The Kier molecular flexibility index (Phi) is 7.93. The zero-order valence-electron chi connectivity index (χ0n) is 25.8. The molecule has 7 rings (SSSR count). The molecule has 0 aliphatic carbocycles. The molecule has 2 N–H and O–H groups in total. The second-order valence-electron chi connectivity index (χ2n) is 12.6. The third-order valence-corrected chi connectivity index (χ3v) is 10.6. The molecular formula is C32H31F6N7O2S. The lowest BCUT2D eigenvalue weighted by molar-refractivity contribution is -0.137. The van der Waals surface area contributed by atoms with Crippen LogP contribution in [-0.4, -0.2) is 88.2 Å². The molecular weight excluding hydrogens is 660 g/mol. The first-order chi connectivity index (χ1) is 22.8. The van der Waals surface area contributed by atoms with Crippen molar-refractivity contribution in [3.63, 3.8) is 0 Å². The number of hydrogen-bond donors (Lipinski definition) is 1. The Hall–Kier alpha value is -4.18. The molecule has 0 radical (unpaired) electrons. The minimum atomic E-state index is -5.06. The number of likely N-dealkylation sites (N-methyl/N-ethyl adjacent to an activating group) is 1. The quantitative estimate of drug-likeness (QED) is 0.187. The van der Waals surface area contributed by atoms with Gasteiger partial charge >= 0.3 is 12.2 Å². The van der Waals surface area contributed by atoms with Crippen LogP contribution in [0.4, 0.5) is 37.3 Å². The number of likely N-dealkylation sites (tertiary alicyclic amines) is 1. The highest BCUT2D eigenvalue weighted by Gasteiger charge is 2.49. The maximum Gasteiger partial charge on any atom is 0.417 e. The van der Waals surface area contributed by atoms with Crippen LogP contribution in [0.5, 0.6) is 6.01 Å². The highest BCUT2D eigenvalue weighted by molar-refractivity contribution is 7.22. The lowest BCUT2D eigenvalue weighted by Gasteiger charge is -2.31. The number of nitrogens with two attached hydrogens (primary N) is 1. The Morgan fingerprint density at radius 1 is 1.21 bits per heavy atom. The number of nitrogens with zero attached hydrogens (tertiary/aromatic N) is 6. The van der Waals surface area contributed by atoms with Crippen LogP contribution in [0, 0.1) is 11.6 Å². The van der Waals surface area contributed by atoms with Gasteiger partial charge in [-0.1, -0.05) is 17.9 Å². The first-order valence-electron chi connectivity index (χ1n) is 15.4. The van der Waals surface area contributed by atoms with Crippen LogP contribution in [0.2, 0.25) is 0 Å². The first-order valence-corrected chi connectivity index (χ1v) is 16.2. The number of carbonyl (C=O) groups is 1. The third kappa shape index (κ3) is 5.38. The van der Waals surface area contributed by atoms with Gasteiger partial charge in [-0.2, -0.15) is 23.1 Å². The molecule has 3 aliphatic heterocycles. The molecule has 3 unspecified atom stereocenters. The van der Waals surface area contributed by atoms with E-state index in [1.807, 2.05) is 4.90 Å². The topological polar surface area (TPSA) is 101 Å². The van der Waals surface area contributed by atoms with Gasteiger partial charge in [-0.15, -0.1) is 0 Å². The maximum absolute atomic E-state index is 16.9. The number of aromatic nitrogens is 3. The van der Waals surface area contributed by atoms with Crippen LogP contribution in [0.1, 0.15) is 31.2 Å². The molecule has 254 valence electrons. The average Bonchev–Trinajstić information content (AvgIpc) is 3.82. The highest BCUT2D eigenvalue weighted by Crippen LogP contribution is 2.46. The molecule has 5 heterocycles. The van der Waals surface area contributed by atoms with Crippen LogP contribution in [-0.2, 0) is 11.0 Å². The summed E-state index contributed by atoms with van der Waals surface area (Å²) in [6.45, 7) is 5.08. The summed E-state index contributed by atoms with van der Waals surface area (Å²) < 4.78 is 96.4. The number of rotatable bonds is 7. The lowest BCUT2D eigenvalue weighted by Crippen LogP contribution is -2.43. The Morgan fingerprint density at radius 3 is 2.75 bits per heavy atom. The van der Waals surface area contributed by atoms with Gasteiger partial charge in [-0.05, 0) is 50.1 Å². The van der Waals surface area contributed by atoms with Crippen molar-refractivity contribution < 1.29 is 35.9 Å². The number of alkyl halides is 4. The predicted octanol–water partition coefficient (Wildman–Crippen LogP) is 5.96. The zero-order valence-corrected chi connectivity index (χ0v) is 26.6. The van der Waals surface area contributed by atoms with E-state index in [-0.39, 0.29) is 70.2 Å². The van der Waals surface area contributed by atoms with E-state index in [2.05, 4.69) is 21.5 Å². The second-order valence-corrected chi connectivity index (χ2v) is 13.6. The average molecular weight is 692 g/mol. The standard InChI is InChI=1S/C32H31F6N7O2S/c1-3-22(46)44-10-7-17(14-44)43(2)28-19-11-20(32(36,37)38)23(18-5-6-21(34)27-26(18)40-29(39)48-27)24(35)25(19)41-30(42-28)47-15-31-8-4-9-45(31)13-16(33)12-31/h3,5-6,11,16-17H,1,4,7-10,12-15H2,2H3,(H2,39,40). The lowest BCUT2D eigenvalue weighted by atomic mass is 9.95. The van der Waals surface area contributed by atoms with Crippen molar-refractivity contribution >= 4 is 49.3 Å². The molecule has 48 heavy (non-hydrogen) atoms. The number of thiazole rings is 1. The Bertz CT molecular complexity index is 1950. The van der Waals surface area contributed by atoms with Gasteiger partial charge in [0.05, 0.1) is 21.3 Å². The number of halogens is 6. The summed E-state index contributed by atoms with van der Waals surface area (Å²) >= 11 is 0.734. The smallest absolute Gasteiger partial charge is 0.417 e. The zero-order chi connectivity index (χ0) is 34.1. The van der Waals surface area contributed by atoms with Crippen molar-refractivity contribution in [3.8, 4) is 17.1 Å². The third-order valence-electron chi connectivity index (χ3n) is 9.74. The van der Waals surface area contributed by atoms with Gasteiger partial charge in [-0.25, -0.2) is 18.2 Å². The molecule has 3 aliphatic rings. The molecule has 0 spiro atoms. The summed E-state index contributed by atoms with van der Waals surface area (Å²) in [4.78, 5) is 30.3. The Labute approximate surface area is 275 Å². The monoisotopic (exact) mass is 691 g/mol. The van der Waals surface area contributed by atoms with Crippen LogP contribution in [0.3, 0.4) is 0 Å². The van der Waals surface area contributed by atoms with E-state index in [9.17, 15) is 26.7 Å². The summed E-state index contributed by atoms with van der Waals surface area (Å²) in [7, 11) is 1.60. The van der Waals surface area contributed by atoms with Gasteiger partial charge in [-0.3, -0.25) is 9.69 Å². The van der Waals surface area contributed by atoms with Crippen molar-refractivity contribution in [1.29, 1.82) is 0 Å². The van der Waals surface area contributed by atoms with Gasteiger partial charge < -0.3 is 20.3 Å².